The van der Waals surface area contributed by atoms with Crippen molar-refractivity contribution >= 4 is 5.69 Å². The molecule has 0 amide bonds. The molecule has 3 heteroatoms. The average molecular weight is 248 g/mol. The van der Waals surface area contributed by atoms with Crippen LogP contribution in [0, 0.1) is 6.92 Å². The van der Waals surface area contributed by atoms with E-state index in [1.807, 2.05) is 0 Å². The standard InChI is InChI=1S/C15H24N2O/c1-4-16-7-8-17(10-13(16)3)15-6-5-12(2)9-14(15)11-18/h5-6,9,13,18H,4,7-8,10-11H2,1-3H3. The predicted molar refractivity (Wildman–Crippen MR) is 76.0 cm³/mol. The largest absolute Gasteiger partial charge is 0.392 e. The van der Waals surface area contributed by atoms with E-state index in [9.17, 15) is 5.11 Å². The van der Waals surface area contributed by atoms with Gasteiger partial charge >= 0.3 is 0 Å². The molecule has 0 spiro atoms. The lowest BCUT2D eigenvalue weighted by molar-refractivity contribution is 0.199. The van der Waals surface area contributed by atoms with Crippen molar-refractivity contribution in [3.63, 3.8) is 0 Å². The van der Waals surface area contributed by atoms with E-state index < -0.39 is 0 Å². The Hall–Kier alpha value is -1.06. The first kappa shape index (κ1) is 13.4. The number of aliphatic hydroxyl groups excluding tert-OH is 1. The summed E-state index contributed by atoms with van der Waals surface area (Å²) in [4.78, 5) is 4.91. The molecule has 1 saturated heterocycles. The first-order chi connectivity index (χ1) is 8.65. The van der Waals surface area contributed by atoms with Gasteiger partial charge in [0.05, 0.1) is 6.61 Å². The Morgan fingerprint density at radius 3 is 2.72 bits per heavy atom. The monoisotopic (exact) mass is 248 g/mol. The van der Waals surface area contributed by atoms with Gasteiger partial charge in [-0.1, -0.05) is 24.6 Å². The molecule has 0 radical (unpaired) electrons. The Kier molecular flexibility index (Phi) is 4.25. The third-order valence-corrected chi connectivity index (χ3v) is 3.92. The maximum Gasteiger partial charge on any atom is 0.0702 e. The average Bonchev–Trinajstić information content (AvgIpc) is 2.38. The lowest BCUT2D eigenvalue weighted by atomic mass is 10.1. The van der Waals surface area contributed by atoms with Gasteiger partial charge in [0.1, 0.15) is 0 Å². The van der Waals surface area contributed by atoms with E-state index in [0.29, 0.717) is 6.04 Å². The Bertz CT molecular complexity index is 405. The minimum Gasteiger partial charge on any atom is -0.392 e. The molecular formula is C15H24N2O. The second kappa shape index (κ2) is 5.72. The summed E-state index contributed by atoms with van der Waals surface area (Å²) in [6, 6.07) is 6.95. The van der Waals surface area contributed by atoms with Gasteiger partial charge in [-0.2, -0.15) is 0 Å². The second-order valence-corrected chi connectivity index (χ2v) is 5.21. The van der Waals surface area contributed by atoms with Crippen molar-refractivity contribution in [3.8, 4) is 0 Å². The number of anilines is 1. The maximum atomic E-state index is 9.50. The van der Waals surface area contributed by atoms with E-state index in [-0.39, 0.29) is 6.61 Å². The Morgan fingerprint density at radius 2 is 2.11 bits per heavy atom. The molecule has 1 heterocycles. The van der Waals surface area contributed by atoms with E-state index in [1.165, 1.54) is 11.3 Å². The van der Waals surface area contributed by atoms with Crippen LogP contribution in [0.1, 0.15) is 25.0 Å². The second-order valence-electron chi connectivity index (χ2n) is 5.21. The highest BCUT2D eigenvalue weighted by Gasteiger charge is 2.23. The van der Waals surface area contributed by atoms with Crippen molar-refractivity contribution in [1.82, 2.24) is 4.90 Å². The van der Waals surface area contributed by atoms with Crippen molar-refractivity contribution in [2.45, 2.75) is 33.4 Å². The molecule has 1 aromatic rings. The van der Waals surface area contributed by atoms with Crippen LogP contribution in [-0.4, -0.2) is 42.2 Å². The molecule has 1 fully saturated rings. The molecule has 2 rings (SSSR count). The Labute approximate surface area is 110 Å². The van der Waals surface area contributed by atoms with E-state index >= 15 is 0 Å². The first-order valence-electron chi connectivity index (χ1n) is 6.85. The smallest absolute Gasteiger partial charge is 0.0702 e. The van der Waals surface area contributed by atoms with Gasteiger partial charge in [-0.15, -0.1) is 0 Å². The van der Waals surface area contributed by atoms with Crippen molar-refractivity contribution in [1.29, 1.82) is 0 Å². The van der Waals surface area contributed by atoms with Crippen molar-refractivity contribution in [2.24, 2.45) is 0 Å². The number of likely N-dealkylation sites (N-methyl/N-ethyl adjacent to an activating group) is 1. The van der Waals surface area contributed by atoms with Crippen molar-refractivity contribution in [3.05, 3.63) is 29.3 Å². The molecule has 100 valence electrons. The highest BCUT2D eigenvalue weighted by Crippen LogP contribution is 2.24. The number of aryl methyl sites for hydroxylation is 1. The van der Waals surface area contributed by atoms with Gasteiger partial charge in [0.15, 0.2) is 0 Å². The fraction of sp³-hybridized carbons (Fsp3) is 0.600. The van der Waals surface area contributed by atoms with Gasteiger partial charge < -0.3 is 10.0 Å². The fourth-order valence-corrected chi connectivity index (χ4v) is 2.83. The van der Waals surface area contributed by atoms with Crippen LogP contribution in [-0.2, 0) is 6.61 Å². The molecule has 0 bridgehead atoms. The summed E-state index contributed by atoms with van der Waals surface area (Å²) < 4.78 is 0. The summed E-state index contributed by atoms with van der Waals surface area (Å²) in [6.07, 6.45) is 0. The van der Waals surface area contributed by atoms with Crippen LogP contribution in [0.15, 0.2) is 18.2 Å². The zero-order valence-corrected chi connectivity index (χ0v) is 11.7. The number of nitrogens with zero attached hydrogens (tertiary/aromatic N) is 2. The molecule has 1 aromatic carbocycles. The molecule has 1 unspecified atom stereocenters. The molecular weight excluding hydrogens is 224 g/mol. The summed E-state index contributed by atoms with van der Waals surface area (Å²) >= 11 is 0. The fourth-order valence-electron chi connectivity index (χ4n) is 2.83. The van der Waals surface area contributed by atoms with Gasteiger partial charge in [-0.25, -0.2) is 0 Å². The molecule has 18 heavy (non-hydrogen) atoms. The quantitative estimate of drug-likeness (QED) is 0.886. The van der Waals surface area contributed by atoms with E-state index in [0.717, 1.165) is 31.7 Å². The predicted octanol–water partition coefficient (Wildman–Crippen LogP) is 2.02. The highest BCUT2D eigenvalue weighted by molar-refractivity contribution is 5.55. The lowest BCUT2D eigenvalue weighted by Gasteiger charge is -2.41. The van der Waals surface area contributed by atoms with Crippen LogP contribution in [0.25, 0.3) is 0 Å². The topological polar surface area (TPSA) is 26.7 Å². The SMILES string of the molecule is CCN1CCN(c2ccc(C)cc2CO)CC1C. The Balaban J connectivity index is 2.17. The van der Waals surface area contributed by atoms with Crippen LogP contribution in [0.5, 0.6) is 0 Å². The third-order valence-electron chi connectivity index (χ3n) is 3.92. The summed E-state index contributed by atoms with van der Waals surface area (Å²) in [7, 11) is 0. The van der Waals surface area contributed by atoms with Gasteiger partial charge in [0, 0.05) is 36.9 Å². The summed E-state index contributed by atoms with van der Waals surface area (Å²) in [6.45, 7) is 11.0. The molecule has 0 aliphatic carbocycles. The van der Waals surface area contributed by atoms with Crippen LogP contribution in [0.3, 0.4) is 0 Å². The highest BCUT2D eigenvalue weighted by atomic mass is 16.3. The molecule has 1 N–H and O–H groups in total. The van der Waals surface area contributed by atoms with Crippen LogP contribution in [0.4, 0.5) is 5.69 Å². The summed E-state index contributed by atoms with van der Waals surface area (Å²) in [5.74, 6) is 0. The minimum atomic E-state index is 0.124. The number of benzene rings is 1. The van der Waals surface area contributed by atoms with Crippen LogP contribution in [0.2, 0.25) is 0 Å². The van der Waals surface area contributed by atoms with Crippen LogP contribution >= 0.6 is 0 Å². The summed E-state index contributed by atoms with van der Waals surface area (Å²) in [5.41, 5.74) is 3.46. The molecule has 1 aliphatic heterocycles. The van der Waals surface area contributed by atoms with Gasteiger partial charge in [0.25, 0.3) is 0 Å². The zero-order chi connectivity index (χ0) is 13.1. The number of aliphatic hydroxyl groups is 1. The normalized spacial score (nSPS) is 21.3. The third kappa shape index (κ3) is 2.68. The van der Waals surface area contributed by atoms with E-state index in [2.05, 4.69) is 48.8 Å². The van der Waals surface area contributed by atoms with Crippen molar-refractivity contribution in [2.75, 3.05) is 31.1 Å². The number of piperazine rings is 1. The minimum absolute atomic E-state index is 0.124. The number of hydrogen-bond donors (Lipinski definition) is 1. The molecule has 0 saturated carbocycles. The van der Waals surface area contributed by atoms with E-state index in [1.54, 1.807) is 0 Å². The molecule has 1 aliphatic rings. The number of hydrogen-bond acceptors (Lipinski definition) is 3. The van der Waals surface area contributed by atoms with E-state index in [4.69, 9.17) is 0 Å². The lowest BCUT2D eigenvalue weighted by Crippen LogP contribution is -2.52. The van der Waals surface area contributed by atoms with Gasteiger partial charge in [0.2, 0.25) is 0 Å². The van der Waals surface area contributed by atoms with Crippen molar-refractivity contribution < 1.29 is 5.11 Å². The van der Waals surface area contributed by atoms with Crippen LogP contribution < -0.4 is 4.90 Å². The molecule has 3 nitrogen and oxygen atoms in total. The summed E-state index contributed by atoms with van der Waals surface area (Å²) in [5, 5.41) is 9.50. The molecule has 1 atom stereocenters. The van der Waals surface area contributed by atoms with Gasteiger partial charge in [-0.3, -0.25) is 4.90 Å². The maximum absolute atomic E-state index is 9.50. The Morgan fingerprint density at radius 1 is 1.33 bits per heavy atom. The van der Waals surface area contributed by atoms with Gasteiger partial charge in [-0.05, 0) is 26.5 Å². The number of rotatable bonds is 3. The first-order valence-corrected chi connectivity index (χ1v) is 6.85. The molecule has 0 aromatic heterocycles. The zero-order valence-electron chi connectivity index (χ0n) is 11.7.